The first-order chi connectivity index (χ1) is 16.1. The molecule has 0 saturated carbocycles. The Bertz CT molecular complexity index is 850. The number of nitrogens with zero attached hydrogens (tertiary/aromatic N) is 2. The fraction of sp³-hybridized carbons (Fsp3) is 0.500. The van der Waals surface area contributed by atoms with Crippen LogP contribution in [0.5, 0.6) is 0 Å². The van der Waals surface area contributed by atoms with Crippen LogP contribution >= 0.6 is 0 Å². The molecule has 1 heterocycles. The minimum atomic E-state index is -0.836. The molecule has 1 saturated heterocycles. The van der Waals surface area contributed by atoms with Gasteiger partial charge in [0.1, 0.15) is 18.2 Å². The lowest BCUT2D eigenvalue weighted by molar-refractivity contribution is -0.136. The van der Waals surface area contributed by atoms with Gasteiger partial charge in [-0.3, -0.25) is 4.79 Å². The minimum absolute atomic E-state index is 0.103. The number of piperidine rings is 1. The second-order valence-electron chi connectivity index (χ2n) is 9.28. The number of amides is 3. The number of hydrogen-bond acceptors (Lipinski definition) is 5. The van der Waals surface area contributed by atoms with Gasteiger partial charge in [-0.1, -0.05) is 42.5 Å². The molecule has 3 amide bonds. The van der Waals surface area contributed by atoms with Crippen molar-refractivity contribution in [2.75, 3.05) is 19.6 Å². The summed E-state index contributed by atoms with van der Waals surface area (Å²) in [7, 11) is 0. The standard InChI is InChI=1S/C26H37N3O5/c1-6-12-22(27-24(31)33-19-20-13-9-8-10-14-20)23(30)29(16-7-2)21-15-11-17-28(18-21)25(32)34-26(3,4)5/h6-10,13-14,21-22H,1-2,11-12,15-19H2,3-5H3,(H,27,31)/t21?,22-/m1/s1. The van der Waals surface area contributed by atoms with E-state index in [-0.39, 0.29) is 25.0 Å². The largest absolute Gasteiger partial charge is 0.445 e. The zero-order valence-electron chi connectivity index (χ0n) is 20.5. The average molecular weight is 472 g/mol. The fourth-order valence-electron chi connectivity index (χ4n) is 3.75. The fourth-order valence-corrected chi connectivity index (χ4v) is 3.75. The molecule has 0 aromatic heterocycles. The van der Waals surface area contributed by atoms with Crippen LogP contribution < -0.4 is 5.32 Å². The quantitative estimate of drug-likeness (QED) is 0.544. The summed E-state index contributed by atoms with van der Waals surface area (Å²) in [5.74, 6) is -0.271. The molecule has 1 aromatic rings. The molecule has 0 spiro atoms. The number of carbonyl (C=O) groups is 3. The van der Waals surface area contributed by atoms with E-state index in [2.05, 4.69) is 18.5 Å². The van der Waals surface area contributed by atoms with E-state index < -0.39 is 23.8 Å². The summed E-state index contributed by atoms with van der Waals surface area (Å²) in [5.41, 5.74) is 0.252. The molecule has 186 valence electrons. The normalized spacial score (nSPS) is 16.7. The minimum Gasteiger partial charge on any atom is -0.445 e. The number of rotatable bonds is 9. The topological polar surface area (TPSA) is 88.2 Å². The van der Waals surface area contributed by atoms with Gasteiger partial charge in [0, 0.05) is 25.7 Å². The highest BCUT2D eigenvalue weighted by Crippen LogP contribution is 2.20. The Morgan fingerprint density at radius 2 is 1.91 bits per heavy atom. The van der Waals surface area contributed by atoms with Gasteiger partial charge in [-0.15, -0.1) is 13.2 Å². The first-order valence-corrected chi connectivity index (χ1v) is 11.6. The number of likely N-dealkylation sites (tertiary alicyclic amines) is 1. The predicted molar refractivity (Wildman–Crippen MR) is 131 cm³/mol. The van der Waals surface area contributed by atoms with Crippen molar-refractivity contribution >= 4 is 18.1 Å². The van der Waals surface area contributed by atoms with Gasteiger partial charge in [0.25, 0.3) is 0 Å². The van der Waals surface area contributed by atoms with Gasteiger partial charge in [0.15, 0.2) is 0 Å². The van der Waals surface area contributed by atoms with E-state index in [1.807, 2.05) is 51.1 Å². The SMILES string of the molecule is C=CC[C@@H](NC(=O)OCc1ccccc1)C(=O)N(CC=C)C1CCCN(C(=O)OC(C)(C)C)C1. The van der Waals surface area contributed by atoms with E-state index >= 15 is 0 Å². The van der Waals surface area contributed by atoms with Gasteiger partial charge in [0.05, 0.1) is 0 Å². The van der Waals surface area contributed by atoms with E-state index in [1.165, 1.54) is 0 Å². The molecule has 0 bridgehead atoms. The highest BCUT2D eigenvalue weighted by atomic mass is 16.6. The van der Waals surface area contributed by atoms with Crippen LogP contribution in [0.25, 0.3) is 0 Å². The monoisotopic (exact) mass is 471 g/mol. The van der Waals surface area contributed by atoms with Gasteiger partial charge in [0.2, 0.25) is 5.91 Å². The zero-order valence-corrected chi connectivity index (χ0v) is 20.5. The Balaban J connectivity index is 2.06. The number of carbonyl (C=O) groups excluding carboxylic acids is 3. The van der Waals surface area contributed by atoms with Crippen LogP contribution in [0.1, 0.15) is 45.6 Å². The molecule has 8 nitrogen and oxygen atoms in total. The van der Waals surface area contributed by atoms with Crippen molar-refractivity contribution in [3.8, 4) is 0 Å². The van der Waals surface area contributed by atoms with Crippen molar-refractivity contribution in [2.45, 2.75) is 64.3 Å². The summed E-state index contributed by atoms with van der Waals surface area (Å²) < 4.78 is 10.8. The lowest BCUT2D eigenvalue weighted by atomic mass is 10.0. The molecular weight excluding hydrogens is 434 g/mol. The van der Waals surface area contributed by atoms with Crippen LogP contribution in [-0.4, -0.2) is 65.2 Å². The van der Waals surface area contributed by atoms with E-state index in [0.29, 0.717) is 19.6 Å². The molecular formula is C26H37N3O5. The van der Waals surface area contributed by atoms with Crippen LogP contribution in [0.4, 0.5) is 9.59 Å². The average Bonchev–Trinajstić information content (AvgIpc) is 2.80. The van der Waals surface area contributed by atoms with Crippen LogP contribution in [-0.2, 0) is 20.9 Å². The Hall–Kier alpha value is -3.29. The zero-order chi connectivity index (χ0) is 25.1. The molecule has 1 fully saturated rings. The lowest BCUT2D eigenvalue weighted by Gasteiger charge is -2.40. The highest BCUT2D eigenvalue weighted by Gasteiger charge is 2.35. The van der Waals surface area contributed by atoms with E-state index in [0.717, 1.165) is 18.4 Å². The number of alkyl carbamates (subject to hydrolysis) is 1. The van der Waals surface area contributed by atoms with Crippen molar-refractivity contribution in [2.24, 2.45) is 0 Å². The Kier molecular flexibility index (Phi) is 10.2. The van der Waals surface area contributed by atoms with Gasteiger partial charge < -0.3 is 24.6 Å². The van der Waals surface area contributed by atoms with Crippen LogP contribution in [0, 0.1) is 0 Å². The van der Waals surface area contributed by atoms with E-state index in [9.17, 15) is 14.4 Å². The third-order valence-electron chi connectivity index (χ3n) is 5.30. The second kappa shape index (κ2) is 12.8. The second-order valence-corrected chi connectivity index (χ2v) is 9.28. The predicted octanol–water partition coefficient (Wildman–Crippen LogP) is 4.27. The van der Waals surface area contributed by atoms with Crippen LogP contribution in [0.2, 0.25) is 0 Å². The molecule has 1 aliphatic rings. The molecule has 1 N–H and O–H groups in total. The Morgan fingerprint density at radius 3 is 2.53 bits per heavy atom. The summed E-state index contributed by atoms with van der Waals surface area (Å²) >= 11 is 0. The molecule has 1 aliphatic heterocycles. The number of nitrogens with one attached hydrogen (secondary N) is 1. The number of ether oxygens (including phenoxy) is 2. The maximum atomic E-state index is 13.5. The molecule has 0 aliphatic carbocycles. The summed E-state index contributed by atoms with van der Waals surface area (Å²) in [5, 5.41) is 2.67. The summed E-state index contributed by atoms with van der Waals surface area (Å²) in [6, 6.07) is 8.25. The van der Waals surface area contributed by atoms with Crippen molar-refractivity contribution in [3.05, 3.63) is 61.2 Å². The maximum Gasteiger partial charge on any atom is 0.410 e. The van der Waals surface area contributed by atoms with Crippen LogP contribution in [0.3, 0.4) is 0 Å². The van der Waals surface area contributed by atoms with Crippen molar-refractivity contribution in [1.29, 1.82) is 0 Å². The summed E-state index contributed by atoms with van der Waals surface area (Å²) in [4.78, 5) is 41.7. The van der Waals surface area contributed by atoms with Gasteiger partial charge in [-0.25, -0.2) is 9.59 Å². The van der Waals surface area contributed by atoms with E-state index in [4.69, 9.17) is 9.47 Å². The van der Waals surface area contributed by atoms with Crippen LogP contribution in [0.15, 0.2) is 55.6 Å². The van der Waals surface area contributed by atoms with Crippen molar-refractivity contribution in [3.63, 3.8) is 0 Å². The maximum absolute atomic E-state index is 13.5. The summed E-state index contributed by atoms with van der Waals surface area (Å²) in [6.45, 7) is 14.3. The lowest BCUT2D eigenvalue weighted by Crippen LogP contribution is -2.57. The molecule has 2 rings (SSSR count). The molecule has 34 heavy (non-hydrogen) atoms. The van der Waals surface area contributed by atoms with Crippen molar-refractivity contribution in [1.82, 2.24) is 15.1 Å². The van der Waals surface area contributed by atoms with E-state index in [1.54, 1.807) is 22.0 Å². The van der Waals surface area contributed by atoms with Gasteiger partial charge >= 0.3 is 12.2 Å². The molecule has 2 atom stereocenters. The molecule has 0 radical (unpaired) electrons. The number of hydrogen-bond donors (Lipinski definition) is 1. The molecule has 1 unspecified atom stereocenters. The third-order valence-corrected chi connectivity index (χ3v) is 5.30. The highest BCUT2D eigenvalue weighted by molar-refractivity contribution is 5.86. The Morgan fingerprint density at radius 1 is 1.21 bits per heavy atom. The third kappa shape index (κ3) is 8.57. The smallest absolute Gasteiger partial charge is 0.410 e. The number of benzene rings is 1. The summed E-state index contributed by atoms with van der Waals surface area (Å²) in [6.07, 6.45) is 3.87. The molecule has 8 heteroatoms. The Labute approximate surface area is 202 Å². The molecule has 1 aromatic carbocycles. The van der Waals surface area contributed by atoms with Gasteiger partial charge in [-0.05, 0) is 45.6 Å². The first-order valence-electron chi connectivity index (χ1n) is 11.6. The first kappa shape index (κ1) is 27.0. The van der Waals surface area contributed by atoms with Crippen molar-refractivity contribution < 1.29 is 23.9 Å². The van der Waals surface area contributed by atoms with Gasteiger partial charge in [-0.2, -0.15) is 0 Å².